The number of rotatable bonds is 5. The van der Waals surface area contributed by atoms with Gasteiger partial charge in [0.2, 0.25) is 0 Å². The molecule has 1 N–H and O–H groups in total. The van der Waals surface area contributed by atoms with Gasteiger partial charge in [-0.05, 0) is 37.8 Å². The lowest BCUT2D eigenvalue weighted by atomic mass is 10.0. The van der Waals surface area contributed by atoms with Crippen LogP contribution < -0.4 is 5.32 Å². The topological polar surface area (TPSA) is 39.1 Å². The molecule has 0 aliphatic carbocycles. The minimum Gasteiger partial charge on any atom is -0.378 e. The minimum absolute atomic E-state index is 0.458. The first-order valence-corrected chi connectivity index (χ1v) is 6.60. The molecule has 2 unspecified atom stereocenters. The molecule has 1 saturated heterocycles. The van der Waals surface area contributed by atoms with Crippen LogP contribution in [0.5, 0.6) is 0 Å². The van der Waals surface area contributed by atoms with E-state index in [2.05, 4.69) is 23.5 Å². The van der Waals surface area contributed by atoms with Crippen LogP contribution >= 0.6 is 0 Å². The van der Waals surface area contributed by atoms with Gasteiger partial charge < -0.3 is 10.1 Å². The van der Waals surface area contributed by atoms with Crippen molar-refractivity contribution < 1.29 is 4.74 Å². The number of hydrogen-bond acceptors (Lipinski definition) is 3. The monoisotopic (exact) mass is 237 g/mol. The normalized spacial score (nSPS) is 25.1. The van der Waals surface area contributed by atoms with Crippen LogP contribution in [0.1, 0.15) is 31.7 Å². The molecule has 0 spiro atoms. The fourth-order valence-electron chi connectivity index (χ4n) is 2.37. The molecular formula is C13H23N3O. The molecule has 1 aromatic rings. The van der Waals surface area contributed by atoms with Crippen LogP contribution in [0.4, 0.5) is 0 Å². The van der Waals surface area contributed by atoms with Gasteiger partial charge in [0.15, 0.2) is 0 Å². The van der Waals surface area contributed by atoms with Crippen LogP contribution in [0.15, 0.2) is 12.4 Å². The molecule has 0 bridgehead atoms. The van der Waals surface area contributed by atoms with Crippen molar-refractivity contribution in [3.63, 3.8) is 0 Å². The fraction of sp³-hybridized carbons (Fsp3) is 0.769. The fourth-order valence-corrected chi connectivity index (χ4v) is 2.37. The zero-order valence-corrected chi connectivity index (χ0v) is 10.9. The molecule has 1 aliphatic rings. The van der Waals surface area contributed by atoms with Crippen LogP contribution in [-0.2, 0) is 18.2 Å². The van der Waals surface area contributed by atoms with Crippen molar-refractivity contribution in [1.82, 2.24) is 15.1 Å². The van der Waals surface area contributed by atoms with E-state index in [1.54, 1.807) is 0 Å². The van der Waals surface area contributed by atoms with E-state index in [0.29, 0.717) is 12.1 Å². The molecule has 1 fully saturated rings. The van der Waals surface area contributed by atoms with Crippen molar-refractivity contribution in [2.45, 2.75) is 44.8 Å². The van der Waals surface area contributed by atoms with Gasteiger partial charge >= 0.3 is 0 Å². The highest BCUT2D eigenvalue weighted by atomic mass is 16.5. The second-order valence-corrected chi connectivity index (χ2v) is 4.85. The Morgan fingerprint density at radius 3 is 3.18 bits per heavy atom. The zero-order valence-electron chi connectivity index (χ0n) is 10.9. The number of aryl methyl sites for hydroxylation is 1. The lowest BCUT2D eigenvalue weighted by Gasteiger charge is -2.29. The predicted molar refractivity (Wildman–Crippen MR) is 68.0 cm³/mol. The van der Waals surface area contributed by atoms with Crippen LogP contribution in [0.3, 0.4) is 0 Å². The number of ether oxygens (including phenoxy) is 1. The Kier molecular flexibility index (Phi) is 4.57. The largest absolute Gasteiger partial charge is 0.378 e. The highest BCUT2D eigenvalue weighted by molar-refractivity contribution is 5.03. The van der Waals surface area contributed by atoms with Crippen LogP contribution in [0.2, 0.25) is 0 Å². The van der Waals surface area contributed by atoms with Crippen LogP contribution in [0, 0.1) is 0 Å². The Labute approximate surface area is 103 Å². The van der Waals surface area contributed by atoms with Crippen molar-refractivity contribution in [3.05, 3.63) is 18.0 Å². The number of nitrogens with zero attached hydrogens (tertiary/aromatic N) is 2. The summed E-state index contributed by atoms with van der Waals surface area (Å²) in [4.78, 5) is 0. The van der Waals surface area contributed by atoms with E-state index in [1.165, 1.54) is 5.56 Å². The number of hydrogen-bond donors (Lipinski definition) is 1. The maximum absolute atomic E-state index is 5.67. The Balaban J connectivity index is 1.68. The third kappa shape index (κ3) is 3.82. The van der Waals surface area contributed by atoms with E-state index < -0.39 is 0 Å². The van der Waals surface area contributed by atoms with E-state index in [4.69, 9.17) is 4.74 Å². The van der Waals surface area contributed by atoms with Crippen molar-refractivity contribution in [2.24, 2.45) is 7.05 Å². The lowest BCUT2D eigenvalue weighted by Crippen LogP contribution is -2.39. The molecule has 2 heterocycles. The van der Waals surface area contributed by atoms with Gasteiger partial charge in [0.1, 0.15) is 0 Å². The summed E-state index contributed by atoms with van der Waals surface area (Å²) in [6, 6.07) is 0.630. The molecular weight excluding hydrogens is 214 g/mol. The summed E-state index contributed by atoms with van der Waals surface area (Å²) in [6.07, 6.45) is 8.97. The molecule has 96 valence electrons. The first-order valence-electron chi connectivity index (χ1n) is 6.60. The Hall–Kier alpha value is -0.870. The molecule has 2 rings (SSSR count). The predicted octanol–water partition coefficient (Wildman–Crippen LogP) is 1.51. The smallest absolute Gasteiger partial charge is 0.0587 e. The standard InChI is InChI=1S/C13H23N3O/c1-3-13-8-12(5-7-17-13)14-6-4-11-9-15-16(2)10-11/h9-10,12-14H,3-8H2,1-2H3. The van der Waals surface area contributed by atoms with Crippen molar-refractivity contribution in [1.29, 1.82) is 0 Å². The Bertz CT molecular complexity index is 337. The van der Waals surface area contributed by atoms with Gasteiger partial charge in [-0.1, -0.05) is 6.92 Å². The Morgan fingerprint density at radius 1 is 1.59 bits per heavy atom. The molecule has 17 heavy (non-hydrogen) atoms. The average molecular weight is 237 g/mol. The molecule has 0 aromatic carbocycles. The quantitative estimate of drug-likeness (QED) is 0.843. The molecule has 4 nitrogen and oxygen atoms in total. The molecule has 0 radical (unpaired) electrons. The summed E-state index contributed by atoms with van der Waals surface area (Å²) in [7, 11) is 1.96. The summed E-state index contributed by atoms with van der Waals surface area (Å²) >= 11 is 0. The van der Waals surface area contributed by atoms with Gasteiger partial charge in [0.25, 0.3) is 0 Å². The number of aromatic nitrogens is 2. The van der Waals surface area contributed by atoms with Crippen molar-refractivity contribution in [2.75, 3.05) is 13.2 Å². The molecule has 2 atom stereocenters. The summed E-state index contributed by atoms with van der Waals surface area (Å²) in [5.41, 5.74) is 1.30. The van der Waals surface area contributed by atoms with E-state index in [1.807, 2.05) is 17.9 Å². The first kappa shape index (κ1) is 12.6. The van der Waals surface area contributed by atoms with Gasteiger partial charge in [0, 0.05) is 25.9 Å². The maximum atomic E-state index is 5.67. The summed E-state index contributed by atoms with van der Waals surface area (Å²) in [5.74, 6) is 0. The Morgan fingerprint density at radius 2 is 2.47 bits per heavy atom. The SMILES string of the molecule is CCC1CC(NCCc2cnn(C)c2)CCO1. The minimum atomic E-state index is 0.458. The van der Waals surface area contributed by atoms with E-state index in [0.717, 1.165) is 38.8 Å². The van der Waals surface area contributed by atoms with Crippen LogP contribution in [-0.4, -0.2) is 35.1 Å². The van der Waals surface area contributed by atoms with Crippen molar-refractivity contribution in [3.8, 4) is 0 Å². The maximum Gasteiger partial charge on any atom is 0.0587 e. The lowest BCUT2D eigenvalue weighted by molar-refractivity contribution is 0.000116. The summed E-state index contributed by atoms with van der Waals surface area (Å²) in [6.45, 7) is 4.14. The average Bonchev–Trinajstić information content (AvgIpc) is 2.75. The van der Waals surface area contributed by atoms with E-state index in [9.17, 15) is 0 Å². The van der Waals surface area contributed by atoms with Gasteiger partial charge in [-0.2, -0.15) is 5.10 Å². The van der Waals surface area contributed by atoms with Gasteiger partial charge in [-0.3, -0.25) is 4.68 Å². The zero-order chi connectivity index (χ0) is 12.1. The molecule has 0 saturated carbocycles. The van der Waals surface area contributed by atoms with Gasteiger partial charge in [-0.15, -0.1) is 0 Å². The highest BCUT2D eigenvalue weighted by Gasteiger charge is 2.20. The summed E-state index contributed by atoms with van der Waals surface area (Å²) in [5, 5.41) is 7.80. The third-order valence-corrected chi connectivity index (χ3v) is 3.43. The van der Waals surface area contributed by atoms with Gasteiger partial charge in [0.05, 0.1) is 12.3 Å². The third-order valence-electron chi connectivity index (χ3n) is 3.43. The molecule has 4 heteroatoms. The van der Waals surface area contributed by atoms with Crippen LogP contribution in [0.25, 0.3) is 0 Å². The second-order valence-electron chi connectivity index (χ2n) is 4.85. The first-order chi connectivity index (χ1) is 8.28. The molecule has 1 aromatic heterocycles. The molecule has 0 amide bonds. The number of nitrogens with one attached hydrogen (secondary N) is 1. The molecule has 1 aliphatic heterocycles. The second kappa shape index (κ2) is 6.17. The summed E-state index contributed by atoms with van der Waals surface area (Å²) < 4.78 is 7.53. The van der Waals surface area contributed by atoms with E-state index >= 15 is 0 Å². The van der Waals surface area contributed by atoms with Gasteiger partial charge in [-0.25, -0.2) is 0 Å². The highest BCUT2D eigenvalue weighted by Crippen LogP contribution is 2.16. The van der Waals surface area contributed by atoms with E-state index in [-0.39, 0.29) is 0 Å². The van der Waals surface area contributed by atoms with Crippen molar-refractivity contribution >= 4 is 0 Å².